The molecule has 1 aromatic carbocycles. The van der Waals surface area contributed by atoms with Gasteiger partial charge < -0.3 is 10.2 Å². The monoisotopic (exact) mass is 369 g/mol. The summed E-state index contributed by atoms with van der Waals surface area (Å²) in [5, 5.41) is 3.20. The van der Waals surface area contributed by atoms with Crippen LogP contribution in [0.3, 0.4) is 0 Å². The highest BCUT2D eigenvalue weighted by Crippen LogP contribution is 2.20. The molecule has 0 atom stereocenters. The van der Waals surface area contributed by atoms with E-state index >= 15 is 0 Å². The van der Waals surface area contributed by atoms with Gasteiger partial charge in [0.15, 0.2) is 0 Å². The van der Waals surface area contributed by atoms with Crippen LogP contribution in [-0.4, -0.2) is 74.3 Å². The minimum absolute atomic E-state index is 0.0788. The van der Waals surface area contributed by atoms with Crippen molar-refractivity contribution in [2.24, 2.45) is 0 Å². The lowest BCUT2D eigenvalue weighted by Crippen LogP contribution is -2.38. The molecule has 0 spiro atoms. The molecule has 0 saturated carbocycles. The summed E-state index contributed by atoms with van der Waals surface area (Å²) < 4.78 is 27.2. The van der Waals surface area contributed by atoms with Gasteiger partial charge in [0.1, 0.15) is 0 Å². The van der Waals surface area contributed by atoms with Gasteiger partial charge in [0.2, 0.25) is 10.0 Å². The molecule has 24 heavy (non-hydrogen) atoms. The molecule has 1 amide bonds. The first kappa shape index (κ1) is 17.7. The fourth-order valence-electron chi connectivity index (χ4n) is 2.95. The Morgan fingerprint density at radius 3 is 2.67 bits per heavy atom. The predicted molar refractivity (Wildman–Crippen MR) is 95.9 cm³/mol. The average molecular weight is 370 g/mol. The normalized spacial score (nSPS) is 20.6. The number of amides is 1. The fourth-order valence-corrected chi connectivity index (χ4v) is 5.38. The molecule has 132 valence electrons. The molecule has 2 fully saturated rings. The maximum Gasteiger partial charge on any atom is 0.253 e. The zero-order valence-electron chi connectivity index (χ0n) is 13.6. The molecule has 0 aliphatic carbocycles. The maximum absolute atomic E-state index is 12.9. The van der Waals surface area contributed by atoms with E-state index in [1.54, 1.807) is 23.1 Å². The van der Waals surface area contributed by atoms with Gasteiger partial charge in [0.05, 0.1) is 4.90 Å². The Bertz CT molecular complexity index is 680. The second-order valence-corrected chi connectivity index (χ2v) is 9.10. The number of nitrogens with zero attached hydrogens (tertiary/aromatic N) is 2. The van der Waals surface area contributed by atoms with E-state index in [1.165, 1.54) is 10.4 Å². The summed E-state index contributed by atoms with van der Waals surface area (Å²) in [6.45, 7) is 3.90. The van der Waals surface area contributed by atoms with Crippen LogP contribution in [0.2, 0.25) is 0 Å². The van der Waals surface area contributed by atoms with Crippen molar-refractivity contribution in [2.45, 2.75) is 11.3 Å². The van der Waals surface area contributed by atoms with Crippen molar-refractivity contribution in [1.82, 2.24) is 14.5 Å². The Hall–Kier alpha value is -1.09. The van der Waals surface area contributed by atoms with Crippen LogP contribution in [0.4, 0.5) is 0 Å². The van der Waals surface area contributed by atoms with Crippen molar-refractivity contribution < 1.29 is 13.2 Å². The molecule has 0 bridgehead atoms. The summed E-state index contributed by atoms with van der Waals surface area (Å²) in [4.78, 5) is 14.6. The second-order valence-electron chi connectivity index (χ2n) is 5.94. The zero-order chi connectivity index (χ0) is 17.0. The highest BCUT2D eigenvalue weighted by atomic mass is 32.2. The van der Waals surface area contributed by atoms with Crippen LogP contribution in [0.15, 0.2) is 29.2 Å². The number of carbonyl (C=O) groups excluding carboxylic acids is 1. The molecule has 0 aromatic heterocycles. The Kier molecular flexibility index (Phi) is 5.80. The summed E-state index contributed by atoms with van der Waals surface area (Å²) in [6, 6.07) is 6.47. The molecular weight excluding hydrogens is 346 g/mol. The summed E-state index contributed by atoms with van der Waals surface area (Å²) in [6.07, 6.45) is 0.795. The Morgan fingerprint density at radius 2 is 1.88 bits per heavy atom. The first-order chi connectivity index (χ1) is 11.6. The Morgan fingerprint density at radius 1 is 1.08 bits per heavy atom. The minimum atomic E-state index is -3.55. The number of sulfonamides is 1. The van der Waals surface area contributed by atoms with Crippen LogP contribution in [-0.2, 0) is 10.0 Å². The number of hydrogen-bond acceptors (Lipinski definition) is 5. The third-order valence-electron chi connectivity index (χ3n) is 4.32. The molecule has 2 saturated heterocycles. The van der Waals surface area contributed by atoms with Gasteiger partial charge in [0, 0.05) is 49.8 Å². The van der Waals surface area contributed by atoms with Gasteiger partial charge in [-0.2, -0.15) is 16.1 Å². The molecule has 8 heteroatoms. The Balaban J connectivity index is 1.82. The van der Waals surface area contributed by atoms with Crippen LogP contribution in [0, 0.1) is 0 Å². The molecule has 1 N–H and O–H groups in total. The lowest BCUT2D eigenvalue weighted by molar-refractivity contribution is 0.0772. The lowest BCUT2D eigenvalue weighted by Gasteiger charge is -2.26. The van der Waals surface area contributed by atoms with Crippen LogP contribution in [0.1, 0.15) is 16.8 Å². The summed E-state index contributed by atoms with van der Waals surface area (Å²) in [5.41, 5.74) is 0.455. The summed E-state index contributed by atoms with van der Waals surface area (Å²) in [5.74, 6) is 1.79. The van der Waals surface area contributed by atoms with Crippen LogP contribution < -0.4 is 5.32 Å². The van der Waals surface area contributed by atoms with Gasteiger partial charge in [-0.05, 0) is 31.2 Å². The first-order valence-electron chi connectivity index (χ1n) is 8.27. The third kappa shape index (κ3) is 3.93. The van der Waals surface area contributed by atoms with E-state index in [1.807, 2.05) is 11.8 Å². The highest BCUT2D eigenvalue weighted by Gasteiger charge is 2.26. The largest absolute Gasteiger partial charge is 0.337 e. The van der Waals surface area contributed by atoms with E-state index in [0.717, 1.165) is 37.6 Å². The number of carbonyl (C=O) groups is 1. The van der Waals surface area contributed by atoms with Crippen molar-refractivity contribution in [3.05, 3.63) is 29.8 Å². The zero-order valence-corrected chi connectivity index (χ0v) is 15.2. The van der Waals surface area contributed by atoms with Crippen molar-refractivity contribution in [1.29, 1.82) is 0 Å². The number of nitrogens with one attached hydrogen (secondary N) is 1. The average Bonchev–Trinajstić information content (AvgIpc) is 2.92. The molecule has 2 aliphatic heterocycles. The topological polar surface area (TPSA) is 69.7 Å². The van der Waals surface area contributed by atoms with Crippen LogP contribution in [0.5, 0.6) is 0 Å². The fraction of sp³-hybridized carbons (Fsp3) is 0.562. The second kappa shape index (κ2) is 7.86. The maximum atomic E-state index is 12.9. The molecule has 2 aliphatic rings. The molecule has 3 rings (SSSR count). The van der Waals surface area contributed by atoms with Gasteiger partial charge in [-0.1, -0.05) is 6.07 Å². The van der Waals surface area contributed by atoms with Gasteiger partial charge in [0.25, 0.3) is 5.91 Å². The SMILES string of the molecule is O=C(c1cccc(S(=O)(=O)N2CCCNCC2)c1)N1CCSCC1. The van der Waals surface area contributed by atoms with Gasteiger partial charge >= 0.3 is 0 Å². The van der Waals surface area contributed by atoms with E-state index in [2.05, 4.69) is 5.32 Å². The molecule has 1 aromatic rings. The van der Waals surface area contributed by atoms with E-state index in [-0.39, 0.29) is 10.8 Å². The highest BCUT2D eigenvalue weighted by molar-refractivity contribution is 7.99. The van der Waals surface area contributed by atoms with Crippen molar-refractivity contribution in [3.63, 3.8) is 0 Å². The van der Waals surface area contributed by atoms with Gasteiger partial charge in [-0.25, -0.2) is 8.42 Å². The van der Waals surface area contributed by atoms with E-state index in [4.69, 9.17) is 0 Å². The quantitative estimate of drug-likeness (QED) is 0.856. The van der Waals surface area contributed by atoms with Crippen molar-refractivity contribution >= 4 is 27.7 Å². The van der Waals surface area contributed by atoms with Crippen LogP contribution >= 0.6 is 11.8 Å². The molecule has 6 nitrogen and oxygen atoms in total. The van der Waals surface area contributed by atoms with Crippen molar-refractivity contribution in [2.75, 3.05) is 50.8 Å². The Labute approximate surface area is 147 Å². The molecule has 2 heterocycles. The van der Waals surface area contributed by atoms with E-state index in [0.29, 0.717) is 25.2 Å². The predicted octanol–water partition coefficient (Wildman–Crippen LogP) is 0.860. The van der Waals surface area contributed by atoms with E-state index < -0.39 is 10.0 Å². The smallest absolute Gasteiger partial charge is 0.253 e. The molecule has 0 unspecified atom stereocenters. The molecular formula is C16H23N3O3S2. The number of hydrogen-bond donors (Lipinski definition) is 1. The van der Waals surface area contributed by atoms with Crippen LogP contribution in [0.25, 0.3) is 0 Å². The standard InChI is InChI=1S/C16H23N3O3S2/c20-16(18-9-11-23-12-10-18)14-3-1-4-15(13-14)24(21,22)19-7-2-5-17-6-8-19/h1,3-4,13,17H,2,5-12H2. The number of benzene rings is 1. The first-order valence-corrected chi connectivity index (χ1v) is 10.9. The summed E-state index contributed by atoms with van der Waals surface area (Å²) in [7, 11) is -3.55. The van der Waals surface area contributed by atoms with Gasteiger partial charge in [-0.3, -0.25) is 4.79 Å². The van der Waals surface area contributed by atoms with E-state index in [9.17, 15) is 13.2 Å². The third-order valence-corrected chi connectivity index (χ3v) is 7.15. The number of thioether (sulfide) groups is 1. The van der Waals surface area contributed by atoms with Gasteiger partial charge in [-0.15, -0.1) is 0 Å². The molecule has 0 radical (unpaired) electrons. The van der Waals surface area contributed by atoms with Crippen molar-refractivity contribution in [3.8, 4) is 0 Å². The minimum Gasteiger partial charge on any atom is -0.337 e. The number of rotatable bonds is 3. The lowest BCUT2D eigenvalue weighted by atomic mass is 10.2. The summed E-state index contributed by atoms with van der Waals surface area (Å²) >= 11 is 1.84.